The number of hydrogen-bond donors (Lipinski definition) is 1. The summed E-state index contributed by atoms with van der Waals surface area (Å²) in [7, 11) is 0. The van der Waals surface area contributed by atoms with E-state index in [1.165, 1.54) is 0 Å². The summed E-state index contributed by atoms with van der Waals surface area (Å²) in [6.07, 6.45) is 3.08. The van der Waals surface area contributed by atoms with E-state index in [1.54, 1.807) is 0 Å². The number of likely N-dealkylation sites (tertiary alicyclic amines) is 1. The molecular weight excluding hydrogens is 308 g/mol. The quantitative estimate of drug-likeness (QED) is 0.911. The number of aryl methyl sites for hydroxylation is 2. The lowest BCUT2D eigenvalue weighted by Crippen LogP contribution is -2.44. The van der Waals surface area contributed by atoms with Crippen LogP contribution < -0.4 is 5.73 Å². The Morgan fingerprint density at radius 3 is 2.58 bits per heavy atom. The molecule has 0 unspecified atom stereocenters. The number of primary amides is 1. The first kappa shape index (κ1) is 17.0. The van der Waals surface area contributed by atoms with Crippen LogP contribution in [0.1, 0.15) is 48.1 Å². The van der Waals surface area contributed by atoms with Crippen LogP contribution in [0.15, 0.2) is 10.5 Å². The number of nitrogens with zero attached hydrogens (tertiary/aromatic N) is 1. The molecule has 6 nitrogen and oxygen atoms in total. The fraction of sp³-hybridized carbons (Fsp3) is 0.667. The van der Waals surface area contributed by atoms with Gasteiger partial charge in [0.15, 0.2) is 5.76 Å². The van der Waals surface area contributed by atoms with Gasteiger partial charge in [-0.25, -0.2) is 0 Å². The summed E-state index contributed by atoms with van der Waals surface area (Å²) in [5.41, 5.74) is 6.51. The van der Waals surface area contributed by atoms with Crippen LogP contribution >= 0.6 is 0 Å². The predicted molar refractivity (Wildman–Crippen MR) is 88.5 cm³/mol. The van der Waals surface area contributed by atoms with E-state index in [0.29, 0.717) is 37.8 Å². The molecule has 2 aliphatic rings. The Balaban J connectivity index is 1.60. The van der Waals surface area contributed by atoms with Crippen molar-refractivity contribution in [2.45, 2.75) is 45.6 Å². The van der Waals surface area contributed by atoms with Crippen LogP contribution in [-0.2, 0) is 16.0 Å². The molecule has 3 rings (SSSR count). The molecule has 2 N–H and O–H groups in total. The number of rotatable bonds is 4. The molecule has 0 aromatic carbocycles. The summed E-state index contributed by atoms with van der Waals surface area (Å²) in [5.74, 6) is 1.09. The van der Waals surface area contributed by atoms with Crippen molar-refractivity contribution >= 4 is 11.8 Å². The van der Waals surface area contributed by atoms with Gasteiger partial charge in [0.1, 0.15) is 5.76 Å². The second-order valence-corrected chi connectivity index (χ2v) is 6.83. The highest BCUT2D eigenvalue weighted by molar-refractivity contribution is 5.91. The van der Waals surface area contributed by atoms with E-state index in [-0.39, 0.29) is 23.8 Å². The van der Waals surface area contributed by atoms with Crippen molar-refractivity contribution < 1.29 is 18.7 Å². The third-order valence-electron chi connectivity index (χ3n) is 5.35. The lowest BCUT2D eigenvalue weighted by molar-refractivity contribution is -0.124. The van der Waals surface area contributed by atoms with Crippen LogP contribution in [0.2, 0.25) is 0 Å². The van der Waals surface area contributed by atoms with Crippen LogP contribution in [0.4, 0.5) is 0 Å². The largest absolute Gasteiger partial charge is 0.456 e. The zero-order valence-electron chi connectivity index (χ0n) is 14.4. The third kappa shape index (κ3) is 3.20. The molecule has 1 aromatic rings. The van der Waals surface area contributed by atoms with Gasteiger partial charge in [0.2, 0.25) is 5.91 Å². The van der Waals surface area contributed by atoms with Crippen molar-refractivity contribution in [3.63, 3.8) is 0 Å². The van der Waals surface area contributed by atoms with Crippen LogP contribution in [0.5, 0.6) is 0 Å². The number of furan rings is 1. The minimum absolute atomic E-state index is 0.0463. The first-order valence-corrected chi connectivity index (χ1v) is 8.80. The van der Waals surface area contributed by atoms with Gasteiger partial charge < -0.3 is 19.8 Å². The van der Waals surface area contributed by atoms with Crippen molar-refractivity contribution in [1.29, 1.82) is 0 Å². The molecule has 2 saturated heterocycles. The molecule has 0 aliphatic carbocycles. The van der Waals surface area contributed by atoms with Crippen LogP contribution in [-0.4, -0.2) is 42.5 Å². The first-order valence-electron chi connectivity index (χ1n) is 8.80. The Hall–Kier alpha value is -1.82. The molecule has 0 saturated carbocycles. The molecule has 2 aliphatic heterocycles. The van der Waals surface area contributed by atoms with E-state index in [9.17, 15) is 9.59 Å². The predicted octanol–water partition coefficient (Wildman–Crippen LogP) is 1.89. The molecule has 2 atom stereocenters. The van der Waals surface area contributed by atoms with Gasteiger partial charge in [0.05, 0.1) is 12.0 Å². The van der Waals surface area contributed by atoms with Gasteiger partial charge in [-0.3, -0.25) is 9.59 Å². The summed E-state index contributed by atoms with van der Waals surface area (Å²) in [6, 6.07) is 1.83. The summed E-state index contributed by atoms with van der Waals surface area (Å²) in [5, 5.41) is 0. The maximum Gasteiger partial charge on any atom is 0.289 e. The molecule has 6 heteroatoms. The zero-order chi connectivity index (χ0) is 17.3. The average Bonchev–Trinajstić information content (AvgIpc) is 3.21. The molecule has 1 aromatic heterocycles. The van der Waals surface area contributed by atoms with Crippen LogP contribution in [0, 0.1) is 18.8 Å². The van der Waals surface area contributed by atoms with Crippen molar-refractivity contribution in [1.82, 2.24) is 4.90 Å². The maximum atomic E-state index is 12.6. The van der Waals surface area contributed by atoms with E-state index >= 15 is 0 Å². The smallest absolute Gasteiger partial charge is 0.289 e. The minimum Gasteiger partial charge on any atom is -0.456 e. The van der Waals surface area contributed by atoms with Crippen molar-refractivity contribution in [3.05, 3.63) is 23.2 Å². The SMILES string of the molecule is CCc1oc(C(=O)N2CCC([C@H]3OCC[C@@H]3C(N)=O)CC2)cc1C. The molecule has 2 fully saturated rings. The van der Waals surface area contributed by atoms with E-state index in [4.69, 9.17) is 14.9 Å². The van der Waals surface area contributed by atoms with Crippen molar-refractivity contribution in [3.8, 4) is 0 Å². The maximum absolute atomic E-state index is 12.6. The Labute approximate surface area is 142 Å². The van der Waals surface area contributed by atoms with Crippen molar-refractivity contribution in [2.75, 3.05) is 19.7 Å². The normalized spacial score (nSPS) is 25.2. The lowest BCUT2D eigenvalue weighted by Gasteiger charge is -2.35. The standard InChI is InChI=1S/C18H26N2O4/c1-3-14-11(2)10-15(24-14)18(22)20-7-4-12(5-8-20)16-13(17(19)21)6-9-23-16/h10,12-13,16H,3-9H2,1-2H3,(H2,19,21)/t13-,16+/m0/s1. The molecule has 0 spiro atoms. The highest BCUT2D eigenvalue weighted by atomic mass is 16.5. The molecule has 132 valence electrons. The molecule has 0 bridgehead atoms. The first-order chi connectivity index (χ1) is 11.5. The topological polar surface area (TPSA) is 85.8 Å². The summed E-state index contributed by atoms with van der Waals surface area (Å²) >= 11 is 0. The fourth-order valence-corrected chi connectivity index (χ4v) is 3.94. The van der Waals surface area contributed by atoms with Gasteiger partial charge in [-0.2, -0.15) is 0 Å². The summed E-state index contributed by atoms with van der Waals surface area (Å²) < 4.78 is 11.4. The monoisotopic (exact) mass is 334 g/mol. The summed E-state index contributed by atoms with van der Waals surface area (Å²) in [6.45, 7) is 5.91. The van der Waals surface area contributed by atoms with Crippen LogP contribution in [0.3, 0.4) is 0 Å². The molecule has 3 heterocycles. The van der Waals surface area contributed by atoms with Gasteiger partial charge in [0.25, 0.3) is 5.91 Å². The summed E-state index contributed by atoms with van der Waals surface area (Å²) in [4.78, 5) is 26.0. The fourth-order valence-electron chi connectivity index (χ4n) is 3.94. The molecule has 2 amide bonds. The highest BCUT2D eigenvalue weighted by Crippen LogP contribution is 2.33. The third-order valence-corrected chi connectivity index (χ3v) is 5.35. The number of carbonyl (C=O) groups excluding carboxylic acids is 2. The number of carbonyl (C=O) groups is 2. The number of hydrogen-bond acceptors (Lipinski definition) is 4. The number of ether oxygens (including phenoxy) is 1. The second kappa shape index (κ2) is 6.97. The van der Waals surface area contributed by atoms with E-state index in [2.05, 4.69) is 0 Å². The van der Waals surface area contributed by atoms with Gasteiger partial charge in [-0.15, -0.1) is 0 Å². The van der Waals surface area contributed by atoms with Gasteiger partial charge in [0, 0.05) is 26.1 Å². The Kier molecular flexibility index (Phi) is 4.94. The highest BCUT2D eigenvalue weighted by Gasteiger charge is 2.40. The Morgan fingerprint density at radius 1 is 1.29 bits per heavy atom. The van der Waals surface area contributed by atoms with Gasteiger partial charge in [-0.05, 0) is 43.7 Å². The Morgan fingerprint density at radius 2 is 2.00 bits per heavy atom. The van der Waals surface area contributed by atoms with Crippen molar-refractivity contribution in [2.24, 2.45) is 17.6 Å². The molecular formula is C18H26N2O4. The minimum atomic E-state index is -0.269. The van der Waals surface area contributed by atoms with E-state index in [0.717, 1.165) is 30.6 Å². The zero-order valence-corrected chi connectivity index (χ0v) is 14.4. The number of nitrogens with two attached hydrogens (primary N) is 1. The van der Waals surface area contributed by atoms with Gasteiger partial charge in [-0.1, -0.05) is 6.92 Å². The lowest BCUT2D eigenvalue weighted by atomic mass is 9.84. The van der Waals surface area contributed by atoms with E-state index < -0.39 is 0 Å². The number of piperidine rings is 1. The average molecular weight is 334 g/mol. The molecule has 24 heavy (non-hydrogen) atoms. The molecule has 0 radical (unpaired) electrons. The number of amides is 2. The van der Waals surface area contributed by atoms with Gasteiger partial charge >= 0.3 is 0 Å². The Bertz CT molecular complexity index is 617. The second-order valence-electron chi connectivity index (χ2n) is 6.83. The van der Waals surface area contributed by atoms with E-state index in [1.807, 2.05) is 24.8 Å². The van der Waals surface area contributed by atoms with Crippen LogP contribution in [0.25, 0.3) is 0 Å².